The second-order valence-electron chi connectivity index (χ2n) is 6.99. The Labute approximate surface area is 151 Å². The summed E-state index contributed by atoms with van der Waals surface area (Å²) < 4.78 is 1.77. The molecule has 2 aliphatic rings. The van der Waals surface area contributed by atoms with Gasteiger partial charge in [-0.15, -0.1) is 0 Å². The van der Waals surface area contributed by atoms with E-state index in [1.165, 1.54) is 0 Å². The number of nitrogens with zero attached hydrogens (tertiary/aromatic N) is 9. The normalized spacial score (nSPS) is 22.8. The van der Waals surface area contributed by atoms with E-state index in [9.17, 15) is 0 Å². The van der Waals surface area contributed by atoms with Crippen molar-refractivity contribution in [1.82, 2.24) is 39.6 Å². The molecular formula is C17H21N9. The minimum Gasteiger partial charge on any atom is -0.356 e. The molecule has 0 N–H and O–H groups in total. The smallest absolute Gasteiger partial charge is 0.158 e. The molecule has 0 amide bonds. The Morgan fingerprint density at radius 3 is 2.35 bits per heavy atom. The van der Waals surface area contributed by atoms with Gasteiger partial charge < -0.3 is 9.80 Å². The molecule has 0 aromatic carbocycles. The third-order valence-electron chi connectivity index (χ3n) is 5.35. The summed E-state index contributed by atoms with van der Waals surface area (Å²) in [6, 6.07) is 3.92. The second-order valence-corrected chi connectivity index (χ2v) is 6.99. The van der Waals surface area contributed by atoms with E-state index < -0.39 is 0 Å². The first-order valence-corrected chi connectivity index (χ1v) is 8.98. The minimum atomic E-state index is 0.698. The van der Waals surface area contributed by atoms with E-state index in [4.69, 9.17) is 0 Å². The predicted octanol–water partition coefficient (Wildman–Crippen LogP) is 0.322. The van der Waals surface area contributed by atoms with Crippen LogP contribution in [0.25, 0.3) is 5.82 Å². The lowest BCUT2D eigenvalue weighted by atomic mass is 10.0. The third kappa shape index (κ3) is 2.94. The highest BCUT2D eigenvalue weighted by atomic mass is 15.5. The lowest BCUT2D eigenvalue weighted by molar-refractivity contribution is 0.289. The molecule has 134 valence electrons. The molecule has 0 aliphatic carbocycles. The zero-order valence-corrected chi connectivity index (χ0v) is 14.5. The molecule has 3 aromatic rings. The molecular weight excluding hydrogens is 330 g/mol. The monoisotopic (exact) mass is 351 g/mol. The molecule has 3 aromatic heterocycles. The molecule has 2 atom stereocenters. The first-order valence-electron chi connectivity index (χ1n) is 8.98. The van der Waals surface area contributed by atoms with Gasteiger partial charge in [0.25, 0.3) is 0 Å². The molecule has 5 rings (SSSR count). The molecule has 0 radical (unpaired) electrons. The largest absolute Gasteiger partial charge is 0.356 e. The first kappa shape index (κ1) is 15.4. The van der Waals surface area contributed by atoms with Crippen LogP contribution in [0.5, 0.6) is 0 Å². The summed E-state index contributed by atoms with van der Waals surface area (Å²) in [6.45, 7) is 6.25. The topological polar surface area (TPSA) is 80.8 Å². The Morgan fingerprint density at radius 1 is 0.846 bits per heavy atom. The SMILES string of the molecule is c1cnn(-c2cc(N3CC4CN(CCn5nccn5)CC4C3)ncn2)c1. The Bertz CT molecular complexity index is 831. The summed E-state index contributed by atoms with van der Waals surface area (Å²) in [5.74, 6) is 3.20. The zero-order valence-electron chi connectivity index (χ0n) is 14.5. The second kappa shape index (κ2) is 6.49. The van der Waals surface area contributed by atoms with Crippen LogP contribution >= 0.6 is 0 Å². The van der Waals surface area contributed by atoms with Gasteiger partial charge in [-0.2, -0.15) is 20.1 Å². The highest BCUT2D eigenvalue weighted by Crippen LogP contribution is 2.33. The predicted molar refractivity (Wildman–Crippen MR) is 94.8 cm³/mol. The fourth-order valence-corrected chi connectivity index (χ4v) is 4.09. The molecule has 0 saturated carbocycles. The lowest BCUT2D eigenvalue weighted by Crippen LogP contribution is -2.31. The van der Waals surface area contributed by atoms with Gasteiger partial charge in [0.15, 0.2) is 5.82 Å². The van der Waals surface area contributed by atoms with Crippen molar-refractivity contribution >= 4 is 5.82 Å². The highest BCUT2D eigenvalue weighted by Gasteiger charge is 2.40. The number of likely N-dealkylation sites (tertiary alicyclic amines) is 1. The molecule has 9 nitrogen and oxygen atoms in total. The van der Waals surface area contributed by atoms with Gasteiger partial charge in [-0.3, -0.25) is 0 Å². The number of rotatable bonds is 5. The molecule has 2 saturated heterocycles. The Balaban J connectivity index is 1.21. The molecule has 0 bridgehead atoms. The van der Waals surface area contributed by atoms with Crippen molar-refractivity contribution in [3.05, 3.63) is 43.2 Å². The summed E-state index contributed by atoms with van der Waals surface area (Å²) in [7, 11) is 0. The summed E-state index contributed by atoms with van der Waals surface area (Å²) >= 11 is 0. The van der Waals surface area contributed by atoms with Gasteiger partial charge in [0, 0.05) is 51.2 Å². The molecule has 2 fully saturated rings. The van der Waals surface area contributed by atoms with Crippen LogP contribution in [0.3, 0.4) is 0 Å². The van der Waals surface area contributed by atoms with E-state index in [0.29, 0.717) is 11.8 Å². The van der Waals surface area contributed by atoms with Gasteiger partial charge in [0.05, 0.1) is 18.9 Å². The number of fused-ring (bicyclic) bond motifs is 1. The zero-order chi connectivity index (χ0) is 17.3. The van der Waals surface area contributed by atoms with E-state index in [-0.39, 0.29) is 0 Å². The van der Waals surface area contributed by atoms with Crippen molar-refractivity contribution in [1.29, 1.82) is 0 Å². The van der Waals surface area contributed by atoms with E-state index in [0.717, 1.165) is 50.9 Å². The molecule has 9 heteroatoms. The molecule has 26 heavy (non-hydrogen) atoms. The lowest BCUT2D eigenvalue weighted by Gasteiger charge is -2.22. The fourth-order valence-electron chi connectivity index (χ4n) is 4.09. The van der Waals surface area contributed by atoms with Crippen molar-refractivity contribution in [2.24, 2.45) is 11.8 Å². The van der Waals surface area contributed by atoms with Crippen molar-refractivity contribution < 1.29 is 0 Å². The number of hydrogen-bond donors (Lipinski definition) is 0. The molecule has 0 spiro atoms. The van der Waals surface area contributed by atoms with Crippen molar-refractivity contribution in [3.8, 4) is 5.82 Å². The Kier molecular flexibility index (Phi) is 3.85. The van der Waals surface area contributed by atoms with Gasteiger partial charge in [0.1, 0.15) is 12.1 Å². The number of aromatic nitrogens is 7. The number of hydrogen-bond acceptors (Lipinski definition) is 7. The Morgan fingerprint density at radius 2 is 1.62 bits per heavy atom. The summed E-state index contributed by atoms with van der Waals surface area (Å²) in [6.07, 6.45) is 8.75. The molecule has 2 unspecified atom stereocenters. The molecule has 5 heterocycles. The van der Waals surface area contributed by atoms with Gasteiger partial charge in [0.2, 0.25) is 0 Å². The first-order chi connectivity index (χ1) is 12.8. The van der Waals surface area contributed by atoms with Gasteiger partial charge in [-0.05, 0) is 17.9 Å². The minimum absolute atomic E-state index is 0.698. The quantitative estimate of drug-likeness (QED) is 0.655. The van der Waals surface area contributed by atoms with E-state index in [1.807, 2.05) is 18.3 Å². The van der Waals surface area contributed by atoms with Gasteiger partial charge in [-0.1, -0.05) is 0 Å². The summed E-state index contributed by atoms with van der Waals surface area (Å²) in [4.78, 5) is 15.5. The third-order valence-corrected chi connectivity index (χ3v) is 5.35. The van der Waals surface area contributed by atoms with Crippen LogP contribution in [0.2, 0.25) is 0 Å². The average molecular weight is 351 g/mol. The van der Waals surface area contributed by atoms with Crippen molar-refractivity contribution in [2.45, 2.75) is 6.54 Å². The van der Waals surface area contributed by atoms with E-state index in [1.54, 1.807) is 34.4 Å². The van der Waals surface area contributed by atoms with Crippen LogP contribution in [0.1, 0.15) is 0 Å². The van der Waals surface area contributed by atoms with Crippen LogP contribution < -0.4 is 4.90 Å². The molecule has 2 aliphatic heterocycles. The van der Waals surface area contributed by atoms with E-state index >= 15 is 0 Å². The summed E-state index contributed by atoms with van der Waals surface area (Å²) in [5.41, 5.74) is 0. The van der Waals surface area contributed by atoms with Crippen molar-refractivity contribution in [2.75, 3.05) is 37.6 Å². The van der Waals surface area contributed by atoms with Crippen LogP contribution in [-0.4, -0.2) is 72.4 Å². The highest BCUT2D eigenvalue weighted by molar-refractivity contribution is 5.44. The fraction of sp³-hybridized carbons (Fsp3) is 0.471. The van der Waals surface area contributed by atoms with Crippen LogP contribution in [0.4, 0.5) is 5.82 Å². The van der Waals surface area contributed by atoms with Gasteiger partial charge in [-0.25, -0.2) is 14.6 Å². The van der Waals surface area contributed by atoms with Crippen LogP contribution in [0.15, 0.2) is 43.2 Å². The average Bonchev–Trinajstić information content (AvgIpc) is 3.44. The maximum Gasteiger partial charge on any atom is 0.158 e. The van der Waals surface area contributed by atoms with E-state index in [2.05, 4.69) is 35.1 Å². The van der Waals surface area contributed by atoms with Crippen LogP contribution in [0, 0.1) is 11.8 Å². The Hall–Kier alpha value is -2.81. The standard InChI is InChI=1S/C17H21N9/c1-2-20-25(5-1)17-8-16(18-13-19-17)24-11-14-9-23(10-15(14)12-24)6-7-26-21-3-4-22-26/h1-5,8,13-15H,6-7,9-12H2. The maximum atomic E-state index is 4.49. The maximum absolute atomic E-state index is 4.49. The van der Waals surface area contributed by atoms with Crippen molar-refractivity contribution in [3.63, 3.8) is 0 Å². The number of anilines is 1. The van der Waals surface area contributed by atoms with Gasteiger partial charge >= 0.3 is 0 Å². The van der Waals surface area contributed by atoms with Crippen LogP contribution in [-0.2, 0) is 6.54 Å². The summed E-state index contributed by atoms with van der Waals surface area (Å²) in [5, 5.41) is 12.6.